The van der Waals surface area contributed by atoms with Gasteiger partial charge in [0.1, 0.15) is 0 Å². The van der Waals surface area contributed by atoms with Gasteiger partial charge in [-0.3, -0.25) is 4.79 Å². The Labute approximate surface area is 160 Å². The number of benzene rings is 1. The van der Waals surface area contributed by atoms with Gasteiger partial charge in [0.2, 0.25) is 11.9 Å². The van der Waals surface area contributed by atoms with E-state index >= 15 is 0 Å². The predicted octanol–water partition coefficient (Wildman–Crippen LogP) is 3.74. The van der Waals surface area contributed by atoms with Crippen LogP contribution in [0.4, 0.5) is 11.6 Å². The summed E-state index contributed by atoms with van der Waals surface area (Å²) in [4.78, 5) is 20.4. The van der Waals surface area contributed by atoms with E-state index in [9.17, 15) is 13.2 Å². The highest BCUT2D eigenvalue weighted by Gasteiger charge is 2.18. The minimum Gasteiger partial charge on any atom is -0.326 e. The number of anilines is 2. The van der Waals surface area contributed by atoms with E-state index in [4.69, 9.17) is 0 Å². The van der Waals surface area contributed by atoms with E-state index in [1.165, 1.54) is 18.3 Å². The Morgan fingerprint density at radius 1 is 1.15 bits per heavy atom. The number of sulfonamides is 1. The van der Waals surface area contributed by atoms with Gasteiger partial charge in [0.15, 0.2) is 0 Å². The van der Waals surface area contributed by atoms with Crippen LogP contribution in [0.3, 0.4) is 0 Å². The fourth-order valence-corrected chi connectivity index (χ4v) is 3.56. The largest absolute Gasteiger partial charge is 0.326 e. The third kappa shape index (κ3) is 6.02. The van der Waals surface area contributed by atoms with Gasteiger partial charge in [0.05, 0.1) is 4.90 Å². The molecule has 0 radical (unpaired) electrons. The van der Waals surface area contributed by atoms with E-state index in [2.05, 4.69) is 26.9 Å². The fraction of sp³-hybridized carbons (Fsp3) is 0.421. The number of hydrogen-bond donors (Lipinski definition) is 2. The van der Waals surface area contributed by atoms with Crippen molar-refractivity contribution in [2.75, 3.05) is 10.0 Å². The number of carbonyl (C=O) groups excluding carboxylic acids is 1. The zero-order valence-electron chi connectivity index (χ0n) is 15.9. The van der Waals surface area contributed by atoms with Gasteiger partial charge >= 0.3 is 0 Å². The van der Waals surface area contributed by atoms with Gasteiger partial charge in [-0.1, -0.05) is 26.7 Å². The van der Waals surface area contributed by atoms with Crippen LogP contribution in [0.25, 0.3) is 0 Å². The zero-order valence-corrected chi connectivity index (χ0v) is 16.7. The molecule has 0 aliphatic rings. The van der Waals surface area contributed by atoms with E-state index in [0.29, 0.717) is 11.4 Å². The number of nitrogens with zero attached hydrogens (tertiary/aromatic N) is 2. The van der Waals surface area contributed by atoms with Crippen LogP contribution in [0.5, 0.6) is 0 Å². The van der Waals surface area contributed by atoms with Crippen molar-refractivity contribution >= 4 is 27.6 Å². The lowest BCUT2D eigenvalue weighted by Gasteiger charge is -2.15. The van der Waals surface area contributed by atoms with Crippen molar-refractivity contribution in [1.29, 1.82) is 0 Å². The summed E-state index contributed by atoms with van der Waals surface area (Å²) >= 11 is 0. The first-order chi connectivity index (χ1) is 12.9. The molecule has 0 fully saturated rings. The lowest BCUT2D eigenvalue weighted by molar-refractivity contribution is -0.120. The molecule has 0 saturated heterocycles. The number of hydrogen-bond acceptors (Lipinski definition) is 5. The summed E-state index contributed by atoms with van der Waals surface area (Å²) in [6.07, 6.45) is 5.18. The van der Waals surface area contributed by atoms with Crippen molar-refractivity contribution in [2.24, 2.45) is 5.92 Å². The van der Waals surface area contributed by atoms with Gasteiger partial charge in [0.25, 0.3) is 10.0 Å². The van der Waals surface area contributed by atoms with Gasteiger partial charge in [-0.05, 0) is 50.1 Å². The van der Waals surface area contributed by atoms with Crippen molar-refractivity contribution in [3.8, 4) is 0 Å². The summed E-state index contributed by atoms with van der Waals surface area (Å²) in [5.74, 6) is -0.0459. The van der Waals surface area contributed by atoms with E-state index in [-0.39, 0.29) is 22.7 Å². The number of unbranched alkanes of at least 4 members (excludes halogenated alkanes) is 1. The number of rotatable bonds is 9. The molecule has 7 nitrogen and oxygen atoms in total. The van der Waals surface area contributed by atoms with Gasteiger partial charge in [0, 0.05) is 23.5 Å². The summed E-state index contributed by atoms with van der Waals surface area (Å²) in [6.45, 7) is 5.84. The number of nitrogens with one attached hydrogen (secondary N) is 2. The topological polar surface area (TPSA) is 101 Å². The highest BCUT2D eigenvalue weighted by Crippen LogP contribution is 2.19. The average molecular weight is 391 g/mol. The maximum Gasteiger partial charge on any atom is 0.264 e. The molecule has 2 rings (SSSR count). The van der Waals surface area contributed by atoms with Crippen molar-refractivity contribution < 1.29 is 13.2 Å². The number of amides is 1. The molecule has 1 aromatic heterocycles. The Kier molecular flexibility index (Phi) is 7.29. The zero-order chi connectivity index (χ0) is 19.9. The summed E-state index contributed by atoms with van der Waals surface area (Å²) in [5.41, 5.74) is 1.23. The lowest BCUT2D eigenvalue weighted by atomic mass is 9.98. The van der Waals surface area contributed by atoms with Crippen LogP contribution in [0.1, 0.15) is 45.2 Å². The summed E-state index contributed by atoms with van der Waals surface area (Å²) in [5, 5.41) is 2.86. The molecule has 1 atom stereocenters. The van der Waals surface area contributed by atoms with Crippen LogP contribution < -0.4 is 10.0 Å². The third-order valence-corrected chi connectivity index (χ3v) is 5.57. The van der Waals surface area contributed by atoms with E-state index in [1.807, 2.05) is 6.92 Å². The van der Waals surface area contributed by atoms with Crippen molar-refractivity contribution in [3.05, 3.63) is 42.2 Å². The quantitative estimate of drug-likeness (QED) is 0.679. The van der Waals surface area contributed by atoms with Gasteiger partial charge in [-0.15, -0.1) is 0 Å². The first kappa shape index (κ1) is 20.8. The Bertz CT molecular complexity index is 867. The number of aryl methyl sites for hydroxylation is 1. The molecule has 2 N–H and O–H groups in total. The van der Waals surface area contributed by atoms with Crippen molar-refractivity contribution in [3.63, 3.8) is 0 Å². The molecule has 27 heavy (non-hydrogen) atoms. The molecule has 8 heteroatoms. The van der Waals surface area contributed by atoms with Crippen molar-refractivity contribution in [1.82, 2.24) is 9.97 Å². The number of aromatic nitrogens is 2. The molecule has 146 valence electrons. The standard InChI is InChI=1S/C19H26N4O3S/c1-4-6-7-15(5-2)18(24)22-16-8-10-17(11-9-16)27(25,26)23-19-20-13-12-14(3)21-19/h8-13,15H,4-7H2,1-3H3,(H,22,24)(H,20,21,23). The molecular formula is C19H26N4O3S. The maximum atomic E-state index is 12.4. The molecular weight excluding hydrogens is 364 g/mol. The van der Waals surface area contributed by atoms with Crippen LogP contribution in [0.15, 0.2) is 41.4 Å². The van der Waals surface area contributed by atoms with Crippen LogP contribution in [0, 0.1) is 12.8 Å². The summed E-state index contributed by atoms with van der Waals surface area (Å²) < 4.78 is 27.2. The van der Waals surface area contributed by atoms with E-state index in [0.717, 1.165) is 25.7 Å². The third-order valence-electron chi connectivity index (χ3n) is 4.22. The summed E-state index contributed by atoms with van der Waals surface area (Å²) in [7, 11) is -3.80. The molecule has 1 heterocycles. The highest BCUT2D eigenvalue weighted by molar-refractivity contribution is 7.92. The molecule has 0 bridgehead atoms. The highest BCUT2D eigenvalue weighted by atomic mass is 32.2. The Morgan fingerprint density at radius 3 is 2.44 bits per heavy atom. The minimum atomic E-state index is -3.80. The SMILES string of the molecule is CCCCC(CC)C(=O)Nc1ccc(S(=O)(=O)Nc2nccc(C)n2)cc1. The van der Waals surface area contributed by atoms with Crippen molar-refractivity contribution in [2.45, 2.75) is 51.3 Å². The predicted molar refractivity (Wildman–Crippen MR) is 106 cm³/mol. The molecule has 0 saturated carbocycles. The maximum absolute atomic E-state index is 12.4. The van der Waals surface area contributed by atoms with E-state index < -0.39 is 10.0 Å². The Hall–Kier alpha value is -2.48. The van der Waals surface area contributed by atoms with Gasteiger partial charge in [-0.2, -0.15) is 0 Å². The Balaban J connectivity index is 2.06. The molecule has 0 aliphatic heterocycles. The molecule has 1 amide bonds. The lowest BCUT2D eigenvalue weighted by Crippen LogP contribution is -2.22. The van der Waals surface area contributed by atoms with Crippen LogP contribution >= 0.6 is 0 Å². The monoisotopic (exact) mass is 390 g/mol. The second kappa shape index (κ2) is 9.45. The average Bonchev–Trinajstić information content (AvgIpc) is 2.62. The van der Waals surface area contributed by atoms with Crippen LogP contribution in [-0.4, -0.2) is 24.3 Å². The van der Waals surface area contributed by atoms with Crippen LogP contribution in [0.2, 0.25) is 0 Å². The molecule has 0 spiro atoms. The number of carbonyl (C=O) groups is 1. The Morgan fingerprint density at radius 2 is 1.85 bits per heavy atom. The molecule has 1 aromatic carbocycles. The minimum absolute atomic E-state index is 0.0223. The normalized spacial score (nSPS) is 12.4. The van der Waals surface area contributed by atoms with Crippen LogP contribution in [-0.2, 0) is 14.8 Å². The second-order valence-corrected chi connectivity index (χ2v) is 8.07. The molecule has 0 aliphatic carbocycles. The smallest absolute Gasteiger partial charge is 0.264 e. The van der Waals surface area contributed by atoms with E-state index in [1.54, 1.807) is 25.1 Å². The first-order valence-corrected chi connectivity index (χ1v) is 10.6. The molecule has 2 aromatic rings. The fourth-order valence-electron chi connectivity index (χ4n) is 2.61. The summed E-state index contributed by atoms with van der Waals surface area (Å²) in [6, 6.07) is 7.73. The van der Waals surface area contributed by atoms with Gasteiger partial charge < -0.3 is 5.32 Å². The van der Waals surface area contributed by atoms with Gasteiger partial charge in [-0.25, -0.2) is 23.1 Å². The molecule has 1 unspecified atom stereocenters. The second-order valence-electron chi connectivity index (χ2n) is 6.39. The first-order valence-electron chi connectivity index (χ1n) is 9.09.